The molecule has 1 aliphatic rings. The first-order chi connectivity index (χ1) is 11.7. The van der Waals surface area contributed by atoms with Crippen LogP contribution in [0.4, 0.5) is 5.82 Å². The molecule has 0 atom stereocenters. The molecule has 0 unspecified atom stereocenters. The van der Waals surface area contributed by atoms with Crippen LogP contribution >= 0.6 is 34.5 Å². The number of hydrogen-bond acceptors (Lipinski definition) is 7. The molecule has 6 nitrogen and oxygen atoms in total. The lowest BCUT2D eigenvalue weighted by Gasteiger charge is -2.17. The molecule has 1 fully saturated rings. The van der Waals surface area contributed by atoms with Crippen LogP contribution in [0.25, 0.3) is 11.2 Å². The number of thiophene rings is 1. The lowest BCUT2D eigenvalue weighted by atomic mass is 10.4. The SMILES string of the molecule is Clc1nc(N2CCCC2)c2nc(Cl)c(OCc3ccsc3)nc2n1. The molecule has 0 aliphatic carbocycles. The maximum absolute atomic E-state index is 6.26. The van der Waals surface area contributed by atoms with Gasteiger partial charge in [0.1, 0.15) is 6.61 Å². The predicted octanol–water partition coefficient (Wildman–Crippen LogP) is 3.97. The first-order valence-corrected chi connectivity index (χ1v) is 9.20. The van der Waals surface area contributed by atoms with Crippen molar-refractivity contribution < 1.29 is 4.74 Å². The van der Waals surface area contributed by atoms with Crippen molar-refractivity contribution in [1.29, 1.82) is 0 Å². The van der Waals surface area contributed by atoms with E-state index in [1.807, 2.05) is 16.8 Å². The predicted molar refractivity (Wildman–Crippen MR) is 95.2 cm³/mol. The number of halogens is 2. The van der Waals surface area contributed by atoms with Crippen LogP contribution in [-0.4, -0.2) is 33.0 Å². The Morgan fingerprint density at radius 2 is 1.96 bits per heavy atom. The zero-order valence-electron chi connectivity index (χ0n) is 12.6. The van der Waals surface area contributed by atoms with Crippen LogP contribution in [0.3, 0.4) is 0 Å². The van der Waals surface area contributed by atoms with Gasteiger partial charge >= 0.3 is 0 Å². The van der Waals surface area contributed by atoms with Gasteiger partial charge in [0.15, 0.2) is 22.1 Å². The summed E-state index contributed by atoms with van der Waals surface area (Å²) in [7, 11) is 0. The van der Waals surface area contributed by atoms with Gasteiger partial charge in [0.05, 0.1) is 0 Å². The van der Waals surface area contributed by atoms with Gasteiger partial charge in [-0.25, -0.2) is 4.98 Å². The third kappa shape index (κ3) is 3.11. The summed E-state index contributed by atoms with van der Waals surface area (Å²) in [6.07, 6.45) is 2.23. The first-order valence-electron chi connectivity index (χ1n) is 7.50. The Hall–Kier alpha value is -1.70. The molecule has 0 aromatic carbocycles. The third-order valence-electron chi connectivity index (χ3n) is 3.78. The molecule has 0 saturated carbocycles. The first kappa shape index (κ1) is 15.8. The van der Waals surface area contributed by atoms with Crippen molar-refractivity contribution in [2.24, 2.45) is 0 Å². The molecular weight excluding hydrogens is 369 g/mol. The Morgan fingerprint density at radius 3 is 2.71 bits per heavy atom. The van der Waals surface area contributed by atoms with Crippen LogP contribution in [0.15, 0.2) is 16.8 Å². The van der Waals surface area contributed by atoms with E-state index in [0.29, 0.717) is 23.6 Å². The molecule has 0 radical (unpaired) electrons. The molecule has 124 valence electrons. The molecule has 1 aliphatic heterocycles. The Morgan fingerprint density at radius 1 is 1.12 bits per heavy atom. The Labute approximate surface area is 152 Å². The van der Waals surface area contributed by atoms with E-state index in [9.17, 15) is 0 Å². The normalized spacial score (nSPS) is 14.5. The fourth-order valence-corrected chi connectivity index (χ4v) is 3.63. The molecule has 0 N–H and O–H groups in total. The van der Waals surface area contributed by atoms with Crippen molar-refractivity contribution in [3.05, 3.63) is 32.8 Å². The van der Waals surface area contributed by atoms with Gasteiger partial charge in [0.2, 0.25) is 5.28 Å². The van der Waals surface area contributed by atoms with E-state index in [2.05, 4.69) is 24.8 Å². The van der Waals surface area contributed by atoms with Gasteiger partial charge in [0.25, 0.3) is 5.88 Å². The van der Waals surface area contributed by atoms with E-state index >= 15 is 0 Å². The van der Waals surface area contributed by atoms with Crippen molar-refractivity contribution in [1.82, 2.24) is 19.9 Å². The second kappa shape index (κ2) is 6.66. The summed E-state index contributed by atoms with van der Waals surface area (Å²) < 4.78 is 5.68. The minimum Gasteiger partial charge on any atom is -0.471 e. The Balaban J connectivity index is 1.71. The van der Waals surface area contributed by atoms with Gasteiger partial charge in [-0.05, 0) is 41.3 Å². The van der Waals surface area contributed by atoms with Crippen LogP contribution in [0.2, 0.25) is 10.4 Å². The van der Waals surface area contributed by atoms with Gasteiger partial charge in [0, 0.05) is 18.7 Å². The van der Waals surface area contributed by atoms with Crippen LogP contribution in [0.5, 0.6) is 5.88 Å². The van der Waals surface area contributed by atoms with Crippen LogP contribution < -0.4 is 9.64 Å². The van der Waals surface area contributed by atoms with Gasteiger partial charge < -0.3 is 9.64 Å². The van der Waals surface area contributed by atoms with E-state index in [1.165, 1.54) is 0 Å². The molecule has 1 saturated heterocycles. The summed E-state index contributed by atoms with van der Waals surface area (Å²) in [5.74, 6) is 0.929. The summed E-state index contributed by atoms with van der Waals surface area (Å²) in [6.45, 7) is 2.21. The van der Waals surface area contributed by atoms with Crippen LogP contribution in [-0.2, 0) is 6.61 Å². The van der Waals surface area contributed by atoms with E-state index in [0.717, 1.165) is 31.5 Å². The fraction of sp³-hybridized carbons (Fsp3) is 0.333. The molecule has 9 heteroatoms. The number of hydrogen-bond donors (Lipinski definition) is 0. The summed E-state index contributed by atoms with van der Waals surface area (Å²) >= 11 is 13.9. The molecule has 3 aromatic heterocycles. The summed E-state index contributed by atoms with van der Waals surface area (Å²) in [5.41, 5.74) is 1.99. The Kier molecular flexibility index (Phi) is 4.39. The van der Waals surface area contributed by atoms with Crippen molar-refractivity contribution in [2.75, 3.05) is 18.0 Å². The molecule has 24 heavy (non-hydrogen) atoms. The second-order valence-corrected chi connectivity index (χ2v) is 6.90. The zero-order chi connectivity index (χ0) is 16.5. The number of fused-ring (bicyclic) bond motifs is 1. The molecular formula is C15H13Cl2N5OS. The molecule has 0 bridgehead atoms. The Bertz CT molecular complexity index is 868. The van der Waals surface area contributed by atoms with Gasteiger partial charge in [-0.1, -0.05) is 11.6 Å². The van der Waals surface area contributed by atoms with Crippen molar-refractivity contribution in [3.8, 4) is 5.88 Å². The molecule has 4 heterocycles. The molecule has 0 spiro atoms. The third-order valence-corrected chi connectivity index (χ3v) is 4.92. The lowest BCUT2D eigenvalue weighted by Crippen LogP contribution is -2.20. The number of aromatic nitrogens is 4. The quantitative estimate of drug-likeness (QED) is 0.637. The maximum atomic E-state index is 6.26. The lowest BCUT2D eigenvalue weighted by molar-refractivity contribution is 0.294. The highest BCUT2D eigenvalue weighted by molar-refractivity contribution is 7.07. The number of rotatable bonds is 4. The number of nitrogens with zero attached hydrogens (tertiary/aromatic N) is 5. The monoisotopic (exact) mass is 381 g/mol. The maximum Gasteiger partial charge on any atom is 0.254 e. The topological polar surface area (TPSA) is 64.0 Å². The minimum atomic E-state index is 0.143. The summed E-state index contributed by atoms with van der Waals surface area (Å²) in [4.78, 5) is 19.4. The molecule has 4 rings (SSSR count). The van der Waals surface area contributed by atoms with Crippen molar-refractivity contribution in [3.63, 3.8) is 0 Å². The average molecular weight is 382 g/mol. The summed E-state index contributed by atoms with van der Waals surface area (Å²) in [6, 6.07) is 1.98. The number of anilines is 1. The van der Waals surface area contributed by atoms with Gasteiger partial charge in [-0.3, -0.25) is 0 Å². The van der Waals surface area contributed by atoms with Crippen molar-refractivity contribution >= 4 is 51.5 Å². The largest absolute Gasteiger partial charge is 0.471 e. The highest BCUT2D eigenvalue weighted by Crippen LogP contribution is 2.30. The number of ether oxygens (including phenoxy) is 1. The van der Waals surface area contributed by atoms with Crippen molar-refractivity contribution in [2.45, 2.75) is 19.4 Å². The van der Waals surface area contributed by atoms with Gasteiger partial charge in [-0.15, -0.1) is 0 Å². The molecule has 0 amide bonds. The highest BCUT2D eigenvalue weighted by Gasteiger charge is 2.21. The minimum absolute atomic E-state index is 0.143. The standard InChI is InChI=1S/C15H13Cl2N5OS/c16-11-14(23-7-9-3-6-24-8-9)19-12-10(18-11)13(21-15(17)20-12)22-4-1-2-5-22/h3,6,8H,1-2,4-5,7H2. The zero-order valence-corrected chi connectivity index (χ0v) is 14.9. The highest BCUT2D eigenvalue weighted by atomic mass is 35.5. The average Bonchev–Trinajstić information content (AvgIpc) is 3.26. The van der Waals surface area contributed by atoms with E-state index < -0.39 is 0 Å². The van der Waals surface area contributed by atoms with E-state index in [1.54, 1.807) is 11.3 Å². The van der Waals surface area contributed by atoms with Crippen LogP contribution in [0.1, 0.15) is 18.4 Å². The smallest absolute Gasteiger partial charge is 0.254 e. The van der Waals surface area contributed by atoms with E-state index in [4.69, 9.17) is 27.9 Å². The van der Waals surface area contributed by atoms with Crippen LogP contribution in [0, 0.1) is 0 Å². The van der Waals surface area contributed by atoms with E-state index in [-0.39, 0.29) is 16.3 Å². The molecule has 3 aromatic rings. The fourth-order valence-electron chi connectivity index (χ4n) is 2.64. The summed E-state index contributed by atoms with van der Waals surface area (Å²) in [5, 5.41) is 4.34. The second-order valence-electron chi connectivity index (χ2n) is 5.42. The van der Waals surface area contributed by atoms with Gasteiger partial charge in [-0.2, -0.15) is 26.3 Å².